The predicted octanol–water partition coefficient (Wildman–Crippen LogP) is 1.09. The van der Waals surface area contributed by atoms with E-state index < -0.39 is 52.5 Å². The number of hydrogen-bond donors (Lipinski definition) is 1. The molecule has 2 fully saturated rings. The molecule has 0 aromatic heterocycles. The van der Waals surface area contributed by atoms with Crippen LogP contribution in [0.25, 0.3) is 0 Å². The fourth-order valence-corrected chi connectivity index (χ4v) is 4.85. The maximum Gasteiger partial charge on any atom is 0.271 e. The van der Waals surface area contributed by atoms with E-state index in [4.69, 9.17) is 10.5 Å². The summed E-state index contributed by atoms with van der Waals surface area (Å²) in [4.78, 5) is 65.3. The molecule has 0 radical (unpaired) electrons. The molecule has 34 heavy (non-hydrogen) atoms. The summed E-state index contributed by atoms with van der Waals surface area (Å²) in [6.07, 6.45) is 0. The molecular formula is C23H22N4O7. The van der Waals surface area contributed by atoms with Crippen LogP contribution in [0.1, 0.15) is 17.2 Å². The van der Waals surface area contributed by atoms with Gasteiger partial charge in [-0.1, -0.05) is 35.9 Å². The number of carbonyl (C=O) groups excluding carboxylic acids is 4. The van der Waals surface area contributed by atoms with E-state index in [-0.39, 0.29) is 18.0 Å². The zero-order valence-electron chi connectivity index (χ0n) is 18.4. The fourth-order valence-electron chi connectivity index (χ4n) is 4.85. The zero-order valence-corrected chi connectivity index (χ0v) is 18.4. The van der Waals surface area contributed by atoms with Crippen molar-refractivity contribution in [1.29, 1.82) is 0 Å². The second-order valence-electron chi connectivity index (χ2n) is 8.28. The van der Waals surface area contributed by atoms with Crippen LogP contribution in [-0.2, 0) is 23.9 Å². The van der Waals surface area contributed by atoms with E-state index in [1.807, 2.05) is 6.92 Å². The number of carbonyl (C=O) groups is 4. The number of non-ortho nitro benzene ring substituents is 1. The monoisotopic (exact) mass is 466 g/mol. The molecule has 2 saturated heterocycles. The normalized spacial score (nSPS) is 23.8. The molecule has 0 spiro atoms. The van der Waals surface area contributed by atoms with Crippen molar-refractivity contribution in [3.8, 4) is 0 Å². The number of primary amides is 1. The molecule has 11 nitrogen and oxygen atoms in total. The summed E-state index contributed by atoms with van der Waals surface area (Å²) in [7, 11) is 1.31. The summed E-state index contributed by atoms with van der Waals surface area (Å²) >= 11 is 0. The smallest absolute Gasteiger partial charge is 0.271 e. The highest BCUT2D eigenvalue weighted by Gasteiger charge is 2.65. The first-order valence-electron chi connectivity index (χ1n) is 10.5. The quantitative estimate of drug-likeness (QED) is 0.380. The van der Waals surface area contributed by atoms with E-state index in [1.165, 1.54) is 30.2 Å². The van der Waals surface area contributed by atoms with Crippen LogP contribution in [0, 0.1) is 28.9 Å². The van der Waals surface area contributed by atoms with Gasteiger partial charge in [-0.05, 0) is 18.6 Å². The third-order valence-electron chi connectivity index (χ3n) is 6.24. The SMILES string of the molecule is COCC(=O)N1C(C(N)=O)C2C(=O)N(c3cccc([N+](=O)[O-])c3)C(=O)C2C1c1ccc(C)cc1. The Bertz CT molecular complexity index is 1200. The second-order valence-corrected chi connectivity index (χ2v) is 8.28. The lowest BCUT2D eigenvalue weighted by atomic mass is 9.86. The number of methoxy groups -OCH3 is 1. The van der Waals surface area contributed by atoms with Gasteiger partial charge in [0.2, 0.25) is 23.6 Å². The summed E-state index contributed by atoms with van der Waals surface area (Å²) < 4.78 is 4.96. The largest absolute Gasteiger partial charge is 0.375 e. The van der Waals surface area contributed by atoms with Crippen LogP contribution in [-0.4, -0.2) is 53.2 Å². The first kappa shape index (κ1) is 23.1. The van der Waals surface area contributed by atoms with Crippen molar-refractivity contribution < 1.29 is 28.8 Å². The van der Waals surface area contributed by atoms with Crippen LogP contribution >= 0.6 is 0 Å². The van der Waals surface area contributed by atoms with Crippen molar-refractivity contribution in [2.24, 2.45) is 17.6 Å². The van der Waals surface area contributed by atoms with E-state index in [1.54, 1.807) is 24.3 Å². The van der Waals surface area contributed by atoms with Gasteiger partial charge in [-0.15, -0.1) is 0 Å². The molecule has 0 saturated carbocycles. The predicted molar refractivity (Wildman–Crippen MR) is 118 cm³/mol. The van der Waals surface area contributed by atoms with E-state index >= 15 is 0 Å². The Morgan fingerprint density at radius 3 is 2.32 bits per heavy atom. The van der Waals surface area contributed by atoms with Gasteiger partial charge in [-0.25, -0.2) is 4.90 Å². The van der Waals surface area contributed by atoms with Crippen LogP contribution in [0.5, 0.6) is 0 Å². The van der Waals surface area contributed by atoms with Gasteiger partial charge >= 0.3 is 0 Å². The number of amides is 4. The molecule has 2 N–H and O–H groups in total. The minimum atomic E-state index is -1.39. The molecule has 0 bridgehead atoms. The molecule has 2 aliphatic heterocycles. The third-order valence-corrected chi connectivity index (χ3v) is 6.24. The Morgan fingerprint density at radius 1 is 1.09 bits per heavy atom. The molecule has 4 atom stereocenters. The Kier molecular flexibility index (Phi) is 5.88. The summed E-state index contributed by atoms with van der Waals surface area (Å²) in [6, 6.07) is 9.80. The van der Waals surface area contributed by atoms with Gasteiger partial charge in [-0.2, -0.15) is 0 Å². The number of rotatable bonds is 6. The number of imide groups is 1. The van der Waals surface area contributed by atoms with Crippen molar-refractivity contribution in [2.75, 3.05) is 18.6 Å². The lowest BCUT2D eigenvalue weighted by Gasteiger charge is -2.32. The summed E-state index contributed by atoms with van der Waals surface area (Å²) in [5.41, 5.74) is 6.86. The lowest BCUT2D eigenvalue weighted by molar-refractivity contribution is -0.384. The number of aryl methyl sites for hydroxylation is 1. The number of fused-ring (bicyclic) bond motifs is 1. The Hall–Kier alpha value is -4.12. The molecule has 4 rings (SSSR count). The topological polar surface area (TPSA) is 153 Å². The number of anilines is 1. The van der Waals surface area contributed by atoms with E-state index in [2.05, 4.69) is 0 Å². The first-order valence-corrected chi connectivity index (χ1v) is 10.5. The Balaban J connectivity index is 1.86. The van der Waals surface area contributed by atoms with Gasteiger partial charge in [0.15, 0.2) is 0 Å². The number of nitrogens with zero attached hydrogens (tertiary/aromatic N) is 3. The van der Waals surface area contributed by atoms with E-state index in [0.717, 1.165) is 16.5 Å². The number of ether oxygens (including phenoxy) is 1. The molecule has 11 heteroatoms. The van der Waals surface area contributed by atoms with Crippen LogP contribution in [0.15, 0.2) is 48.5 Å². The number of benzene rings is 2. The summed E-state index contributed by atoms with van der Waals surface area (Å²) in [6.45, 7) is 1.50. The van der Waals surface area contributed by atoms with Crippen LogP contribution in [0.4, 0.5) is 11.4 Å². The molecule has 4 unspecified atom stereocenters. The van der Waals surface area contributed by atoms with E-state index in [9.17, 15) is 29.3 Å². The molecule has 4 amide bonds. The average molecular weight is 466 g/mol. The zero-order chi connectivity index (χ0) is 24.7. The molecule has 2 heterocycles. The molecule has 2 aromatic rings. The number of nitro benzene ring substituents is 1. The van der Waals surface area contributed by atoms with Gasteiger partial charge in [0.1, 0.15) is 12.6 Å². The molecule has 2 aromatic carbocycles. The highest BCUT2D eigenvalue weighted by atomic mass is 16.6. The maximum absolute atomic E-state index is 13.6. The number of nitrogens with two attached hydrogens (primary N) is 1. The number of nitro groups is 1. The Morgan fingerprint density at radius 2 is 1.74 bits per heavy atom. The van der Waals surface area contributed by atoms with Crippen LogP contribution in [0.3, 0.4) is 0 Å². The van der Waals surface area contributed by atoms with Gasteiger partial charge < -0.3 is 15.4 Å². The average Bonchev–Trinajstić information content (AvgIpc) is 3.28. The van der Waals surface area contributed by atoms with Gasteiger partial charge in [0, 0.05) is 19.2 Å². The number of hydrogen-bond acceptors (Lipinski definition) is 7. The molecular weight excluding hydrogens is 444 g/mol. The molecule has 0 aliphatic carbocycles. The van der Waals surface area contributed by atoms with Gasteiger partial charge in [-0.3, -0.25) is 29.3 Å². The number of likely N-dealkylation sites (tertiary alicyclic amines) is 1. The second kappa shape index (κ2) is 8.67. The minimum Gasteiger partial charge on any atom is -0.375 e. The molecule has 2 aliphatic rings. The minimum absolute atomic E-state index is 0.0132. The standard InChI is InChI=1S/C23H22N4O7/c1-12-6-8-13(9-7-12)19-17-18(20(21(24)29)26(19)16(28)11-34-2)23(31)25(22(17)30)14-4-3-5-15(10-14)27(32)33/h3-10,17-20H,11H2,1-2H3,(H2,24,29). The highest BCUT2D eigenvalue weighted by Crippen LogP contribution is 2.51. The first-order chi connectivity index (χ1) is 16.2. The van der Waals surface area contributed by atoms with Crippen molar-refractivity contribution in [1.82, 2.24) is 4.90 Å². The van der Waals surface area contributed by atoms with Crippen LogP contribution < -0.4 is 10.6 Å². The highest BCUT2D eigenvalue weighted by molar-refractivity contribution is 6.24. The lowest BCUT2D eigenvalue weighted by Crippen LogP contribution is -2.51. The van der Waals surface area contributed by atoms with Crippen molar-refractivity contribution >= 4 is 35.0 Å². The summed E-state index contributed by atoms with van der Waals surface area (Å²) in [5.74, 6) is -5.28. The van der Waals surface area contributed by atoms with Gasteiger partial charge in [0.25, 0.3) is 5.69 Å². The van der Waals surface area contributed by atoms with Crippen molar-refractivity contribution in [3.63, 3.8) is 0 Å². The third kappa shape index (κ3) is 3.59. The molecule has 176 valence electrons. The van der Waals surface area contributed by atoms with Crippen molar-refractivity contribution in [2.45, 2.75) is 19.0 Å². The van der Waals surface area contributed by atoms with E-state index in [0.29, 0.717) is 5.56 Å². The van der Waals surface area contributed by atoms with Crippen molar-refractivity contribution in [3.05, 3.63) is 69.8 Å². The van der Waals surface area contributed by atoms with Crippen LogP contribution in [0.2, 0.25) is 0 Å². The summed E-state index contributed by atoms with van der Waals surface area (Å²) in [5, 5.41) is 11.2. The maximum atomic E-state index is 13.6. The van der Waals surface area contributed by atoms with Gasteiger partial charge in [0.05, 0.1) is 28.5 Å². The Labute approximate surface area is 194 Å². The fraction of sp³-hybridized carbons (Fsp3) is 0.304.